The van der Waals surface area contributed by atoms with Crippen molar-refractivity contribution in [2.24, 2.45) is 0 Å². The van der Waals surface area contributed by atoms with E-state index in [-0.39, 0.29) is 24.7 Å². The highest BCUT2D eigenvalue weighted by Gasteiger charge is 2.34. The van der Waals surface area contributed by atoms with Crippen molar-refractivity contribution < 1.29 is 27.2 Å². The molecule has 5 rings (SSSR count). The molecule has 5 nitrogen and oxygen atoms in total. The number of carbonyl (C=O) groups is 2. The second-order valence-corrected chi connectivity index (χ2v) is 12.7. The Bertz CT molecular complexity index is 1700. The molecule has 0 bridgehead atoms. The van der Waals surface area contributed by atoms with Gasteiger partial charge in [0.1, 0.15) is 11.9 Å². The fraction of sp³-hybridized carbons (Fsp3) is 0.317. The molecule has 1 fully saturated rings. The van der Waals surface area contributed by atoms with Crippen LogP contribution in [0.5, 0.6) is 0 Å². The van der Waals surface area contributed by atoms with Gasteiger partial charge in [-0.15, -0.1) is 0 Å². The topological polar surface area (TPSA) is 43.9 Å². The molecular formula is C41H43F4N3O2. The van der Waals surface area contributed by atoms with Gasteiger partial charge in [-0.2, -0.15) is 13.2 Å². The molecule has 0 aromatic heterocycles. The quantitative estimate of drug-likeness (QED) is 0.0805. The van der Waals surface area contributed by atoms with Crippen molar-refractivity contribution >= 4 is 23.6 Å². The van der Waals surface area contributed by atoms with Crippen LogP contribution < -0.4 is 4.90 Å². The third kappa shape index (κ3) is 10.1. The highest BCUT2D eigenvalue weighted by atomic mass is 19.4. The van der Waals surface area contributed by atoms with Crippen LogP contribution in [0.25, 0.3) is 6.08 Å². The van der Waals surface area contributed by atoms with Crippen LogP contribution >= 0.6 is 0 Å². The van der Waals surface area contributed by atoms with Gasteiger partial charge in [0.25, 0.3) is 0 Å². The molecule has 50 heavy (non-hydrogen) atoms. The van der Waals surface area contributed by atoms with E-state index in [1.54, 1.807) is 21.9 Å². The van der Waals surface area contributed by atoms with Gasteiger partial charge in [0.15, 0.2) is 0 Å². The number of carbonyl (C=O) groups excluding carboxylic acids is 2. The standard InChI is InChI=1S/C41H43F4N3O2/c1-2-3-5-8-31-11-13-34(14-12-31)30-48(39(49)24-17-32-15-18-35(19-16-32)41(43,44)45)38(29-33-9-6-4-7-10-33)40(50)47-27-25-46(26-28-47)37-22-20-36(42)21-23-37/h4,6-7,9-24,38H,2-3,5,8,25-30H2,1H3/t38-/m0/s1. The predicted molar refractivity (Wildman–Crippen MR) is 190 cm³/mol. The van der Waals surface area contributed by atoms with E-state index in [1.165, 1.54) is 42.0 Å². The molecular weight excluding hydrogens is 642 g/mol. The molecule has 1 aliphatic heterocycles. The van der Waals surface area contributed by atoms with Crippen LogP contribution in [0.15, 0.2) is 109 Å². The molecule has 4 aromatic rings. The zero-order valence-electron chi connectivity index (χ0n) is 28.3. The number of piperazine rings is 1. The van der Waals surface area contributed by atoms with Gasteiger partial charge in [0, 0.05) is 50.9 Å². The van der Waals surface area contributed by atoms with Crippen molar-refractivity contribution in [2.75, 3.05) is 31.1 Å². The van der Waals surface area contributed by atoms with Gasteiger partial charge in [0.05, 0.1) is 5.56 Å². The van der Waals surface area contributed by atoms with Crippen molar-refractivity contribution in [1.82, 2.24) is 9.80 Å². The van der Waals surface area contributed by atoms with Gasteiger partial charge in [-0.1, -0.05) is 86.5 Å². The van der Waals surface area contributed by atoms with Gasteiger partial charge < -0.3 is 14.7 Å². The molecule has 1 heterocycles. The number of hydrogen-bond donors (Lipinski definition) is 0. The second-order valence-electron chi connectivity index (χ2n) is 12.7. The SMILES string of the molecule is CCCCCc1ccc(CN(C(=O)C=Cc2ccc(C(F)(F)F)cc2)[C@@H](Cc2ccccc2)C(=O)N2CCN(c3ccc(F)cc3)CC2)cc1. The van der Waals surface area contributed by atoms with Crippen LogP contribution in [-0.4, -0.2) is 53.8 Å². The molecule has 0 spiro atoms. The molecule has 0 N–H and O–H groups in total. The monoisotopic (exact) mass is 685 g/mol. The number of halogens is 4. The molecule has 2 amide bonds. The molecule has 1 atom stereocenters. The van der Waals surface area contributed by atoms with Crippen molar-refractivity contribution in [3.63, 3.8) is 0 Å². The number of amides is 2. The fourth-order valence-electron chi connectivity index (χ4n) is 6.19. The lowest BCUT2D eigenvalue weighted by molar-refractivity contribution is -0.144. The second kappa shape index (κ2) is 17.1. The van der Waals surface area contributed by atoms with Gasteiger partial charge in [-0.3, -0.25) is 9.59 Å². The summed E-state index contributed by atoms with van der Waals surface area (Å²) in [7, 11) is 0. The lowest BCUT2D eigenvalue weighted by Gasteiger charge is -2.40. The van der Waals surface area contributed by atoms with E-state index in [0.717, 1.165) is 54.6 Å². The van der Waals surface area contributed by atoms with Gasteiger partial charge in [-0.05, 0) is 77.6 Å². The normalized spacial score (nSPS) is 14.2. The molecule has 1 aliphatic rings. The zero-order valence-corrected chi connectivity index (χ0v) is 28.3. The Morgan fingerprint density at radius 2 is 1.42 bits per heavy atom. The predicted octanol–water partition coefficient (Wildman–Crippen LogP) is 8.58. The van der Waals surface area contributed by atoms with E-state index < -0.39 is 23.7 Å². The van der Waals surface area contributed by atoms with E-state index in [4.69, 9.17) is 0 Å². The van der Waals surface area contributed by atoms with Crippen LogP contribution in [0.2, 0.25) is 0 Å². The van der Waals surface area contributed by atoms with E-state index in [2.05, 4.69) is 24.0 Å². The van der Waals surface area contributed by atoms with Crippen LogP contribution in [-0.2, 0) is 35.2 Å². The Hall–Kier alpha value is -4.92. The number of unbranched alkanes of at least 4 members (excludes halogenated alkanes) is 2. The molecule has 1 saturated heterocycles. The Morgan fingerprint density at radius 1 is 0.780 bits per heavy atom. The average Bonchev–Trinajstić information content (AvgIpc) is 3.13. The summed E-state index contributed by atoms with van der Waals surface area (Å²) >= 11 is 0. The minimum Gasteiger partial charge on any atom is -0.368 e. The maximum Gasteiger partial charge on any atom is 0.416 e. The smallest absolute Gasteiger partial charge is 0.368 e. The average molecular weight is 686 g/mol. The largest absolute Gasteiger partial charge is 0.416 e. The van der Waals surface area contributed by atoms with Crippen molar-refractivity contribution in [3.8, 4) is 0 Å². The molecule has 9 heteroatoms. The van der Waals surface area contributed by atoms with E-state index in [0.29, 0.717) is 31.7 Å². The van der Waals surface area contributed by atoms with E-state index in [1.807, 2.05) is 42.5 Å². The van der Waals surface area contributed by atoms with Gasteiger partial charge in [0.2, 0.25) is 11.8 Å². The maximum absolute atomic E-state index is 14.5. The number of benzene rings is 4. The zero-order chi connectivity index (χ0) is 35.5. The first-order chi connectivity index (χ1) is 24.1. The molecule has 4 aromatic carbocycles. The number of rotatable bonds is 13. The van der Waals surface area contributed by atoms with Crippen molar-refractivity contribution in [2.45, 2.75) is 57.8 Å². The first-order valence-corrected chi connectivity index (χ1v) is 17.2. The summed E-state index contributed by atoms with van der Waals surface area (Å²) in [5.74, 6) is -0.911. The lowest BCUT2D eigenvalue weighted by atomic mass is 10.0. The third-order valence-corrected chi connectivity index (χ3v) is 9.10. The van der Waals surface area contributed by atoms with Crippen molar-refractivity contribution in [3.05, 3.63) is 143 Å². The summed E-state index contributed by atoms with van der Waals surface area (Å²) in [6, 6.07) is 27.7. The summed E-state index contributed by atoms with van der Waals surface area (Å²) in [4.78, 5) is 34.1. The maximum atomic E-state index is 14.5. The third-order valence-electron chi connectivity index (χ3n) is 9.10. The Kier molecular flexibility index (Phi) is 12.5. The van der Waals surface area contributed by atoms with Crippen LogP contribution in [0, 0.1) is 5.82 Å². The van der Waals surface area contributed by atoms with Gasteiger partial charge in [-0.25, -0.2) is 4.39 Å². The number of nitrogens with zero attached hydrogens (tertiary/aromatic N) is 3. The summed E-state index contributed by atoms with van der Waals surface area (Å²) in [6.07, 6.45) is 2.98. The Labute approximate surface area is 291 Å². The Morgan fingerprint density at radius 3 is 2.04 bits per heavy atom. The van der Waals surface area contributed by atoms with E-state index >= 15 is 0 Å². The lowest BCUT2D eigenvalue weighted by Crippen LogP contribution is -2.56. The molecule has 0 unspecified atom stereocenters. The number of anilines is 1. The molecule has 262 valence electrons. The first kappa shape index (κ1) is 36.4. The van der Waals surface area contributed by atoms with Gasteiger partial charge >= 0.3 is 6.18 Å². The summed E-state index contributed by atoms with van der Waals surface area (Å²) in [5, 5.41) is 0. The number of alkyl halides is 3. The summed E-state index contributed by atoms with van der Waals surface area (Å²) in [6.45, 7) is 4.30. The summed E-state index contributed by atoms with van der Waals surface area (Å²) in [5.41, 5.74) is 3.51. The Balaban J connectivity index is 1.42. The number of aryl methyl sites for hydroxylation is 1. The van der Waals surface area contributed by atoms with Crippen molar-refractivity contribution in [1.29, 1.82) is 0 Å². The number of hydrogen-bond acceptors (Lipinski definition) is 3. The van der Waals surface area contributed by atoms with Crippen LogP contribution in [0.3, 0.4) is 0 Å². The van der Waals surface area contributed by atoms with E-state index in [9.17, 15) is 27.2 Å². The first-order valence-electron chi connectivity index (χ1n) is 17.2. The minimum absolute atomic E-state index is 0.171. The van der Waals surface area contributed by atoms with Crippen LogP contribution in [0.1, 0.15) is 54.0 Å². The highest BCUT2D eigenvalue weighted by Crippen LogP contribution is 2.29. The fourth-order valence-corrected chi connectivity index (χ4v) is 6.19. The highest BCUT2D eigenvalue weighted by molar-refractivity contribution is 5.96. The molecule has 0 saturated carbocycles. The van der Waals surface area contributed by atoms with Crippen LogP contribution in [0.4, 0.5) is 23.2 Å². The minimum atomic E-state index is -4.46. The molecule has 0 aliphatic carbocycles. The summed E-state index contributed by atoms with van der Waals surface area (Å²) < 4.78 is 52.9. The molecule has 0 radical (unpaired) electrons.